The third-order valence-corrected chi connectivity index (χ3v) is 7.34. The molecule has 1 fully saturated rings. The van der Waals surface area contributed by atoms with Crippen LogP contribution >= 0.6 is 0 Å². The van der Waals surface area contributed by atoms with Crippen molar-refractivity contribution in [2.75, 3.05) is 6.61 Å². The van der Waals surface area contributed by atoms with Crippen LogP contribution in [0.15, 0.2) is 103 Å². The van der Waals surface area contributed by atoms with E-state index in [1.54, 1.807) is 30.3 Å². The van der Waals surface area contributed by atoms with Crippen molar-refractivity contribution < 1.29 is 52.8 Å². The van der Waals surface area contributed by atoms with Gasteiger partial charge in [-0.25, -0.2) is 14.4 Å². The maximum absolute atomic E-state index is 13.3. The fraction of sp³-hybridized carbons (Fsp3) is 0.182. The molecule has 1 aliphatic rings. The molecule has 1 saturated heterocycles. The molecule has 0 unspecified atom stereocenters. The van der Waals surface area contributed by atoms with Crippen LogP contribution in [0, 0.1) is 30.3 Å². The van der Waals surface area contributed by atoms with Gasteiger partial charge in [-0.05, 0) is 42.0 Å². The van der Waals surface area contributed by atoms with Crippen LogP contribution in [-0.4, -0.2) is 63.9 Å². The summed E-state index contributed by atoms with van der Waals surface area (Å²) in [6, 6.07) is 22.5. The van der Waals surface area contributed by atoms with E-state index in [9.17, 15) is 44.7 Å². The first-order valence-corrected chi connectivity index (χ1v) is 14.6. The fourth-order valence-corrected chi connectivity index (χ4v) is 4.77. The molecule has 0 N–H and O–H groups in total. The Morgan fingerprint density at radius 2 is 1.02 bits per heavy atom. The third kappa shape index (κ3) is 8.46. The Balaban J connectivity index is 1.42. The second-order valence-corrected chi connectivity index (χ2v) is 10.6. The second kappa shape index (κ2) is 15.5. The van der Waals surface area contributed by atoms with Gasteiger partial charge in [-0.15, -0.1) is 0 Å². The first kappa shape index (κ1) is 34.7. The molecule has 17 nitrogen and oxygen atoms in total. The number of ether oxygens (including phenoxy) is 5. The zero-order valence-electron chi connectivity index (χ0n) is 25.6. The molecule has 1 heterocycles. The smallest absolute Gasteiger partial charge is 0.340 e. The van der Waals surface area contributed by atoms with Gasteiger partial charge in [0.1, 0.15) is 12.7 Å². The lowest BCUT2D eigenvalue weighted by molar-refractivity contribution is -0.385. The van der Waals surface area contributed by atoms with Crippen molar-refractivity contribution in [3.63, 3.8) is 0 Å². The highest BCUT2D eigenvalue weighted by Gasteiger charge is 2.51. The van der Waals surface area contributed by atoms with Gasteiger partial charge >= 0.3 is 17.9 Å². The predicted octanol–water partition coefficient (Wildman–Crippen LogP) is 4.96. The molecular formula is C33H25N3O14. The van der Waals surface area contributed by atoms with Gasteiger partial charge < -0.3 is 23.7 Å². The molecule has 50 heavy (non-hydrogen) atoms. The Bertz CT molecular complexity index is 1880. The Labute approximate surface area is 281 Å². The van der Waals surface area contributed by atoms with E-state index in [4.69, 9.17) is 23.7 Å². The minimum Gasteiger partial charge on any atom is -0.459 e. The molecule has 1 aliphatic heterocycles. The summed E-state index contributed by atoms with van der Waals surface area (Å²) in [4.78, 5) is 70.5. The number of rotatable bonds is 13. The molecule has 0 aromatic heterocycles. The highest BCUT2D eigenvalue weighted by molar-refractivity contribution is 5.91. The van der Waals surface area contributed by atoms with E-state index in [0.717, 1.165) is 36.4 Å². The fourth-order valence-electron chi connectivity index (χ4n) is 4.77. The van der Waals surface area contributed by atoms with Gasteiger partial charge in [0.15, 0.2) is 12.2 Å². The van der Waals surface area contributed by atoms with E-state index in [1.165, 1.54) is 36.4 Å². The first-order valence-electron chi connectivity index (χ1n) is 14.6. The van der Waals surface area contributed by atoms with Crippen LogP contribution < -0.4 is 0 Å². The van der Waals surface area contributed by atoms with Crippen LogP contribution in [0.25, 0.3) is 0 Å². The summed E-state index contributed by atoms with van der Waals surface area (Å²) in [6.07, 6.45) is -5.61. The van der Waals surface area contributed by atoms with Gasteiger partial charge in [-0.2, -0.15) is 0 Å². The Hall–Kier alpha value is -6.59. The van der Waals surface area contributed by atoms with E-state index in [1.807, 2.05) is 0 Å². The number of hydrogen-bond donors (Lipinski definition) is 0. The quantitative estimate of drug-likeness (QED) is 0.0783. The van der Waals surface area contributed by atoms with Crippen molar-refractivity contribution in [1.82, 2.24) is 0 Å². The van der Waals surface area contributed by atoms with E-state index in [-0.39, 0.29) is 40.4 Å². The van der Waals surface area contributed by atoms with Crippen molar-refractivity contribution >= 4 is 35.0 Å². The zero-order valence-corrected chi connectivity index (χ0v) is 25.6. The zero-order chi connectivity index (χ0) is 35.8. The lowest BCUT2D eigenvalue weighted by Gasteiger charge is -2.24. The maximum Gasteiger partial charge on any atom is 0.340 e. The van der Waals surface area contributed by atoms with Crippen molar-refractivity contribution in [1.29, 1.82) is 0 Å². The number of carbonyl (C=O) groups is 3. The van der Waals surface area contributed by atoms with Gasteiger partial charge in [0.25, 0.3) is 17.1 Å². The summed E-state index contributed by atoms with van der Waals surface area (Å²) >= 11 is 0. The van der Waals surface area contributed by atoms with Crippen molar-refractivity contribution in [2.45, 2.75) is 31.2 Å². The monoisotopic (exact) mass is 687 g/mol. The van der Waals surface area contributed by atoms with Crippen molar-refractivity contribution in [3.05, 3.63) is 156 Å². The van der Waals surface area contributed by atoms with Crippen LogP contribution in [0.3, 0.4) is 0 Å². The number of carbonyl (C=O) groups excluding carboxylic acids is 3. The summed E-state index contributed by atoms with van der Waals surface area (Å²) in [5, 5.41) is 33.2. The van der Waals surface area contributed by atoms with E-state index >= 15 is 0 Å². The first-order chi connectivity index (χ1) is 24.0. The average Bonchev–Trinajstić information content (AvgIpc) is 3.44. The van der Waals surface area contributed by atoms with Crippen LogP contribution in [0.2, 0.25) is 0 Å². The lowest BCUT2D eigenvalue weighted by Crippen LogP contribution is -2.41. The largest absolute Gasteiger partial charge is 0.459 e. The molecule has 17 heteroatoms. The number of benzene rings is 4. The molecule has 5 rings (SSSR count). The standard InChI is InChI=1S/C33H25N3O14/c37-30(21-6-12-24(13-7-21)34(40)41)47-19-27-28(49-31(38)22-8-14-25(15-9-22)35(42)43)29(46-18-20-4-2-1-3-5-20)33(48-27)50-32(39)23-10-16-26(17-11-23)36(44)45/h1-17,27-29,33H,18-19H2/t27-,28-,29-,33+/m0/s1. The van der Waals surface area contributed by atoms with Gasteiger partial charge in [0.2, 0.25) is 6.29 Å². The van der Waals surface area contributed by atoms with E-state index in [2.05, 4.69) is 0 Å². The maximum atomic E-state index is 13.3. The minimum absolute atomic E-state index is 0.0361. The molecule has 256 valence electrons. The van der Waals surface area contributed by atoms with Crippen molar-refractivity contribution in [3.8, 4) is 0 Å². The number of nitrogens with zero attached hydrogens (tertiary/aromatic N) is 3. The summed E-state index contributed by atoms with van der Waals surface area (Å²) in [5.74, 6) is -2.84. The lowest BCUT2D eigenvalue weighted by atomic mass is 10.1. The highest BCUT2D eigenvalue weighted by Crippen LogP contribution is 2.31. The molecule has 4 aromatic rings. The average molecular weight is 688 g/mol. The topological polar surface area (TPSA) is 227 Å². The molecule has 0 amide bonds. The Morgan fingerprint density at radius 3 is 1.48 bits per heavy atom. The summed E-state index contributed by atoms with van der Waals surface area (Å²) in [5.41, 5.74) is -0.304. The predicted molar refractivity (Wildman–Crippen MR) is 168 cm³/mol. The van der Waals surface area contributed by atoms with E-state index in [0.29, 0.717) is 5.56 Å². The number of hydrogen-bond acceptors (Lipinski definition) is 14. The molecule has 0 spiro atoms. The molecule has 0 radical (unpaired) electrons. The Morgan fingerprint density at radius 1 is 0.580 bits per heavy atom. The molecule has 4 aromatic carbocycles. The number of nitro groups is 3. The summed E-state index contributed by atoms with van der Waals surface area (Å²) in [6.45, 7) is -0.661. The molecule has 0 bridgehead atoms. The molecular weight excluding hydrogens is 662 g/mol. The number of non-ortho nitro benzene ring substituents is 3. The van der Waals surface area contributed by atoms with Crippen LogP contribution in [0.1, 0.15) is 36.6 Å². The number of nitro benzene ring substituents is 3. The van der Waals surface area contributed by atoms with Gasteiger partial charge in [0.05, 0.1) is 38.1 Å². The highest BCUT2D eigenvalue weighted by atomic mass is 16.7. The normalized spacial score (nSPS) is 18.1. The summed E-state index contributed by atoms with van der Waals surface area (Å²) < 4.78 is 28.8. The SMILES string of the molecule is O=C(OC[C@@H]1O[C@H](OC(=O)c2ccc([N+](=O)[O-])cc2)[C@@H](OCc2ccccc2)[C@H]1OC(=O)c1ccc([N+](=O)[O-])cc1)c1ccc([N+](=O)[O-])cc1. The van der Waals surface area contributed by atoms with Crippen LogP contribution in [0.5, 0.6) is 0 Å². The minimum atomic E-state index is -1.57. The number of esters is 3. The molecule has 0 saturated carbocycles. The van der Waals surface area contributed by atoms with Gasteiger partial charge in [-0.1, -0.05) is 30.3 Å². The van der Waals surface area contributed by atoms with Gasteiger partial charge in [0, 0.05) is 36.4 Å². The Kier molecular flexibility index (Phi) is 10.8. The van der Waals surface area contributed by atoms with E-state index < -0.39 is 63.9 Å². The molecule has 0 aliphatic carbocycles. The third-order valence-electron chi connectivity index (χ3n) is 7.34. The molecule has 4 atom stereocenters. The summed E-state index contributed by atoms with van der Waals surface area (Å²) in [7, 11) is 0. The van der Waals surface area contributed by atoms with Crippen LogP contribution in [-0.2, 0) is 30.3 Å². The second-order valence-electron chi connectivity index (χ2n) is 10.6. The van der Waals surface area contributed by atoms with Gasteiger partial charge in [-0.3, -0.25) is 30.3 Å². The van der Waals surface area contributed by atoms with Crippen LogP contribution in [0.4, 0.5) is 17.1 Å². The van der Waals surface area contributed by atoms with Crippen molar-refractivity contribution in [2.24, 2.45) is 0 Å².